The molecule has 0 aromatic heterocycles. The minimum atomic E-state index is -3.55. The van der Waals surface area contributed by atoms with Crippen LogP contribution >= 0.6 is 0 Å². The second-order valence-electron chi connectivity index (χ2n) is 8.46. The third-order valence-electron chi connectivity index (χ3n) is 6.18. The number of ether oxygens (including phenoxy) is 1. The highest BCUT2D eigenvalue weighted by molar-refractivity contribution is 7.89. The van der Waals surface area contributed by atoms with Gasteiger partial charge in [0.25, 0.3) is 5.91 Å². The Morgan fingerprint density at radius 1 is 0.970 bits per heavy atom. The highest BCUT2D eigenvalue weighted by Gasteiger charge is 2.26. The first-order chi connectivity index (χ1) is 15.9. The van der Waals surface area contributed by atoms with Gasteiger partial charge in [0.2, 0.25) is 10.0 Å². The van der Waals surface area contributed by atoms with E-state index in [2.05, 4.69) is 46.3 Å². The van der Waals surface area contributed by atoms with Crippen molar-refractivity contribution in [3.8, 4) is 0 Å². The van der Waals surface area contributed by atoms with Crippen molar-refractivity contribution in [2.45, 2.75) is 11.8 Å². The number of morpholine rings is 1. The molecule has 0 saturated carbocycles. The topological polar surface area (TPSA) is 82.2 Å². The minimum Gasteiger partial charge on any atom is -0.379 e. The van der Waals surface area contributed by atoms with Gasteiger partial charge in [-0.2, -0.15) is 4.31 Å². The molecule has 2 fully saturated rings. The van der Waals surface area contributed by atoms with E-state index in [-0.39, 0.29) is 10.8 Å². The van der Waals surface area contributed by atoms with Gasteiger partial charge in [-0.25, -0.2) is 8.42 Å². The van der Waals surface area contributed by atoms with Crippen LogP contribution in [-0.2, 0) is 14.8 Å². The van der Waals surface area contributed by atoms with Crippen molar-refractivity contribution < 1.29 is 17.9 Å². The zero-order valence-corrected chi connectivity index (χ0v) is 19.9. The molecule has 1 amide bonds. The molecule has 2 saturated heterocycles. The molecule has 0 radical (unpaired) electrons. The first-order valence-electron chi connectivity index (χ1n) is 11.4. The zero-order valence-electron chi connectivity index (χ0n) is 19.1. The standard InChI is InChI=1S/C24H32N4O4S/c1-20-3-2-4-22(19-20)27-13-11-26(12-14-27)10-9-25-24(29)21-5-7-23(8-6-21)33(30,31)28-15-17-32-18-16-28/h2-8,19H,9-18H2,1H3,(H,25,29). The Kier molecular flexibility index (Phi) is 7.64. The summed E-state index contributed by atoms with van der Waals surface area (Å²) in [4.78, 5) is 17.5. The van der Waals surface area contributed by atoms with Crippen LogP contribution in [0.4, 0.5) is 5.69 Å². The summed E-state index contributed by atoms with van der Waals surface area (Å²) in [5.41, 5.74) is 2.99. The fourth-order valence-corrected chi connectivity index (χ4v) is 5.61. The van der Waals surface area contributed by atoms with Gasteiger partial charge in [-0.15, -0.1) is 0 Å². The van der Waals surface area contributed by atoms with Crippen LogP contribution in [0.25, 0.3) is 0 Å². The summed E-state index contributed by atoms with van der Waals surface area (Å²) < 4.78 is 32.1. The van der Waals surface area contributed by atoms with E-state index in [9.17, 15) is 13.2 Å². The number of benzene rings is 2. The van der Waals surface area contributed by atoms with E-state index >= 15 is 0 Å². The van der Waals surface area contributed by atoms with E-state index in [1.807, 2.05) is 0 Å². The van der Waals surface area contributed by atoms with Crippen molar-refractivity contribution >= 4 is 21.6 Å². The van der Waals surface area contributed by atoms with Crippen LogP contribution in [0, 0.1) is 6.92 Å². The van der Waals surface area contributed by atoms with Gasteiger partial charge in [-0.3, -0.25) is 9.69 Å². The monoisotopic (exact) mass is 472 g/mol. The molecule has 2 aromatic carbocycles. The molecule has 0 bridgehead atoms. The molecule has 33 heavy (non-hydrogen) atoms. The van der Waals surface area contributed by atoms with E-state index in [1.165, 1.54) is 27.7 Å². The summed E-state index contributed by atoms with van der Waals surface area (Å²) in [5, 5.41) is 2.95. The maximum atomic E-state index is 12.7. The van der Waals surface area contributed by atoms with Gasteiger partial charge < -0.3 is 15.0 Å². The summed E-state index contributed by atoms with van der Waals surface area (Å²) in [5.74, 6) is -0.191. The molecule has 0 atom stereocenters. The van der Waals surface area contributed by atoms with Crippen molar-refractivity contribution in [1.29, 1.82) is 0 Å². The summed E-state index contributed by atoms with van der Waals surface area (Å²) >= 11 is 0. The van der Waals surface area contributed by atoms with Crippen LogP contribution in [0.2, 0.25) is 0 Å². The highest BCUT2D eigenvalue weighted by Crippen LogP contribution is 2.19. The van der Waals surface area contributed by atoms with Gasteiger partial charge >= 0.3 is 0 Å². The molecule has 4 rings (SSSR count). The molecule has 9 heteroatoms. The lowest BCUT2D eigenvalue weighted by molar-refractivity contribution is 0.0730. The number of hydrogen-bond donors (Lipinski definition) is 1. The summed E-state index contributed by atoms with van der Waals surface area (Å²) in [7, 11) is -3.55. The predicted molar refractivity (Wildman–Crippen MR) is 128 cm³/mol. The van der Waals surface area contributed by atoms with Crippen LogP contribution in [-0.4, -0.2) is 89.1 Å². The number of nitrogens with zero attached hydrogens (tertiary/aromatic N) is 3. The molecule has 2 aliphatic heterocycles. The number of rotatable bonds is 7. The number of hydrogen-bond acceptors (Lipinski definition) is 6. The molecular formula is C24H32N4O4S. The van der Waals surface area contributed by atoms with E-state index in [0.29, 0.717) is 38.4 Å². The number of piperazine rings is 1. The molecule has 0 unspecified atom stereocenters. The van der Waals surface area contributed by atoms with Gasteiger partial charge in [0.05, 0.1) is 18.1 Å². The summed E-state index contributed by atoms with van der Waals surface area (Å²) in [6, 6.07) is 14.7. The summed E-state index contributed by atoms with van der Waals surface area (Å²) in [6.07, 6.45) is 0. The number of sulfonamides is 1. The third kappa shape index (κ3) is 5.92. The molecule has 0 spiro atoms. The molecule has 0 aliphatic carbocycles. The number of anilines is 1. The SMILES string of the molecule is Cc1cccc(N2CCN(CCNC(=O)c3ccc(S(=O)(=O)N4CCOCC4)cc3)CC2)c1. The van der Waals surface area contributed by atoms with E-state index in [4.69, 9.17) is 4.74 Å². The average molecular weight is 473 g/mol. The van der Waals surface area contributed by atoms with Crippen molar-refractivity contribution in [3.05, 3.63) is 59.7 Å². The molecule has 2 aromatic rings. The van der Waals surface area contributed by atoms with Gasteiger partial charge in [0.15, 0.2) is 0 Å². The smallest absolute Gasteiger partial charge is 0.251 e. The first-order valence-corrected chi connectivity index (χ1v) is 12.9. The fourth-order valence-electron chi connectivity index (χ4n) is 4.20. The van der Waals surface area contributed by atoms with Crippen molar-refractivity contribution in [2.75, 3.05) is 70.5 Å². The van der Waals surface area contributed by atoms with Gasteiger partial charge in [-0.05, 0) is 48.9 Å². The largest absolute Gasteiger partial charge is 0.379 e. The molecule has 2 aliphatic rings. The second-order valence-corrected chi connectivity index (χ2v) is 10.4. The fraction of sp³-hybridized carbons (Fsp3) is 0.458. The van der Waals surface area contributed by atoms with Crippen molar-refractivity contribution in [1.82, 2.24) is 14.5 Å². The molecular weight excluding hydrogens is 440 g/mol. The molecule has 8 nitrogen and oxygen atoms in total. The van der Waals surface area contributed by atoms with Crippen LogP contribution < -0.4 is 10.2 Å². The van der Waals surface area contributed by atoms with Crippen LogP contribution in [0.5, 0.6) is 0 Å². The second kappa shape index (κ2) is 10.6. The number of carbonyl (C=O) groups is 1. The zero-order chi connectivity index (χ0) is 23.3. The number of aryl methyl sites for hydroxylation is 1. The number of amides is 1. The summed E-state index contributed by atoms with van der Waals surface area (Å²) in [6.45, 7) is 8.81. The first kappa shape index (κ1) is 23.7. The molecule has 178 valence electrons. The van der Waals surface area contributed by atoms with Crippen molar-refractivity contribution in [2.24, 2.45) is 0 Å². The third-order valence-corrected chi connectivity index (χ3v) is 8.09. The predicted octanol–water partition coefficient (Wildman–Crippen LogP) is 1.57. The van der Waals surface area contributed by atoms with Crippen LogP contribution in [0.3, 0.4) is 0 Å². The van der Waals surface area contributed by atoms with Gasteiger partial charge in [0.1, 0.15) is 0 Å². The van der Waals surface area contributed by atoms with E-state index < -0.39 is 10.0 Å². The Hall–Kier alpha value is -2.46. The van der Waals surface area contributed by atoms with Crippen LogP contribution in [0.15, 0.2) is 53.4 Å². The average Bonchev–Trinajstić information content (AvgIpc) is 2.85. The number of nitrogens with one attached hydrogen (secondary N) is 1. The number of carbonyl (C=O) groups excluding carboxylic acids is 1. The van der Waals surface area contributed by atoms with Gasteiger partial charge in [-0.1, -0.05) is 12.1 Å². The van der Waals surface area contributed by atoms with Crippen molar-refractivity contribution in [3.63, 3.8) is 0 Å². The molecule has 2 heterocycles. The Balaban J connectivity index is 1.22. The lowest BCUT2D eigenvalue weighted by atomic mass is 10.2. The Morgan fingerprint density at radius 2 is 1.67 bits per heavy atom. The lowest BCUT2D eigenvalue weighted by Gasteiger charge is -2.36. The van der Waals surface area contributed by atoms with Gasteiger partial charge in [0, 0.05) is 63.6 Å². The van der Waals surface area contributed by atoms with E-state index in [0.717, 1.165) is 32.7 Å². The normalized spacial score (nSPS) is 18.3. The quantitative estimate of drug-likeness (QED) is 0.659. The Morgan fingerprint density at radius 3 is 2.33 bits per heavy atom. The highest BCUT2D eigenvalue weighted by atomic mass is 32.2. The minimum absolute atomic E-state index is 0.191. The lowest BCUT2D eigenvalue weighted by Crippen LogP contribution is -2.48. The molecule has 1 N–H and O–H groups in total. The maximum absolute atomic E-state index is 12.7. The maximum Gasteiger partial charge on any atom is 0.251 e. The Bertz CT molecular complexity index is 1040. The Labute approximate surface area is 196 Å². The van der Waals surface area contributed by atoms with E-state index in [1.54, 1.807) is 12.1 Å². The van der Waals surface area contributed by atoms with Crippen LogP contribution in [0.1, 0.15) is 15.9 Å².